The van der Waals surface area contributed by atoms with Gasteiger partial charge < -0.3 is 5.32 Å². The Morgan fingerprint density at radius 3 is 2.71 bits per heavy atom. The van der Waals surface area contributed by atoms with Crippen molar-refractivity contribution >= 4 is 49.4 Å². The Bertz CT molecular complexity index is 535. The van der Waals surface area contributed by atoms with E-state index in [-0.39, 0.29) is 0 Å². The van der Waals surface area contributed by atoms with Crippen molar-refractivity contribution in [1.29, 1.82) is 0 Å². The third-order valence-corrected chi connectivity index (χ3v) is 4.85. The highest BCUT2D eigenvalue weighted by atomic mass is 79.9. The van der Waals surface area contributed by atoms with Crippen molar-refractivity contribution in [3.05, 3.63) is 33.6 Å². The second-order valence-corrected chi connectivity index (χ2v) is 5.61. The van der Waals surface area contributed by atoms with Gasteiger partial charge in [0.1, 0.15) is 22.2 Å². The average Bonchev–Trinajstić information content (AvgIpc) is 2.34. The van der Waals surface area contributed by atoms with E-state index in [1.54, 1.807) is 6.20 Å². The van der Waals surface area contributed by atoms with E-state index in [4.69, 9.17) is 0 Å². The summed E-state index contributed by atoms with van der Waals surface area (Å²) in [4.78, 5) is 12.6. The zero-order valence-electron chi connectivity index (χ0n) is 8.82. The van der Waals surface area contributed by atoms with Gasteiger partial charge in [-0.3, -0.25) is 0 Å². The predicted octanol–water partition coefficient (Wildman–Crippen LogP) is 3.59. The van der Waals surface area contributed by atoms with Crippen molar-refractivity contribution in [2.24, 2.45) is 0 Å². The molecule has 0 saturated carbocycles. The second-order valence-electron chi connectivity index (χ2n) is 2.98. The molecule has 0 fully saturated rings. The number of rotatable bonds is 3. The smallest absolute Gasteiger partial charge is 0.144 e. The van der Waals surface area contributed by atoms with E-state index < -0.39 is 0 Å². The molecular formula is C10H8Br2N4S. The number of nitrogens with zero attached hydrogens (tertiary/aromatic N) is 3. The SMILES string of the molecule is CNc1ncnc(Sc2ncccc2Br)c1Br. The molecule has 2 rings (SSSR count). The van der Waals surface area contributed by atoms with E-state index in [1.165, 1.54) is 18.1 Å². The molecule has 0 radical (unpaired) electrons. The van der Waals surface area contributed by atoms with Gasteiger partial charge in [0.15, 0.2) is 0 Å². The molecule has 0 aromatic carbocycles. The van der Waals surface area contributed by atoms with Crippen LogP contribution < -0.4 is 5.32 Å². The Morgan fingerprint density at radius 2 is 2.00 bits per heavy atom. The van der Waals surface area contributed by atoms with Crippen molar-refractivity contribution in [1.82, 2.24) is 15.0 Å². The molecule has 17 heavy (non-hydrogen) atoms. The molecule has 0 unspecified atom stereocenters. The summed E-state index contributed by atoms with van der Waals surface area (Å²) >= 11 is 8.40. The van der Waals surface area contributed by atoms with Crippen LogP contribution in [0.1, 0.15) is 0 Å². The number of halogens is 2. The van der Waals surface area contributed by atoms with Gasteiger partial charge in [0, 0.05) is 13.2 Å². The summed E-state index contributed by atoms with van der Waals surface area (Å²) in [7, 11) is 1.82. The van der Waals surface area contributed by atoms with Crippen LogP contribution >= 0.6 is 43.6 Å². The van der Waals surface area contributed by atoms with Crippen molar-refractivity contribution in [3.63, 3.8) is 0 Å². The first kappa shape index (κ1) is 12.8. The summed E-state index contributed by atoms with van der Waals surface area (Å²) in [6.07, 6.45) is 3.27. The van der Waals surface area contributed by atoms with E-state index in [0.717, 1.165) is 24.8 Å². The van der Waals surface area contributed by atoms with Gasteiger partial charge >= 0.3 is 0 Å². The lowest BCUT2D eigenvalue weighted by Crippen LogP contribution is -1.96. The number of aromatic nitrogens is 3. The first-order valence-corrected chi connectivity index (χ1v) is 7.09. The van der Waals surface area contributed by atoms with Gasteiger partial charge in [-0.15, -0.1) is 0 Å². The lowest BCUT2D eigenvalue weighted by molar-refractivity contribution is 1.01. The molecule has 88 valence electrons. The van der Waals surface area contributed by atoms with Gasteiger partial charge in [-0.25, -0.2) is 15.0 Å². The zero-order valence-corrected chi connectivity index (χ0v) is 12.8. The maximum absolute atomic E-state index is 4.28. The van der Waals surface area contributed by atoms with Gasteiger partial charge in [-0.05, 0) is 55.8 Å². The molecule has 0 atom stereocenters. The minimum Gasteiger partial charge on any atom is -0.372 e. The summed E-state index contributed by atoms with van der Waals surface area (Å²) in [5, 5.41) is 4.68. The number of hydrogen-bond donors (Lipinski definition) is 1. The van der Waals surface area contributed by atoms with Gasteiger partial charge in [0.25, 0.3) is 0 Å². The maximum atomic E-state index is 4.28. The van der Waals surface area contributed by atoms with E-state index in [9.17, 15) is 0 Å². The highest BCUT2D eigenvalue weighted by molar-refractivity contribution is 9.11. The first-order valence-electron chi connectivity index (χ1n) is 4.69. The summed E-state index contributed by atoms with van der Waals surface area (Å²) in [5.74, 6) is 0.759. The average molecular weight is 376 g/mol. The van der Waals surface area contributed by atoms with Crippen LogP contribution in [0.25, 0.3) is 0 Å². The largest absolute Gasteiger partial charge is 0.372 e. The van der Waals surface area contributed by atoms with Crippen LogP contribution in [0.15, 0.2) is 43.7 Å². The molecule has 0 saturated heterocycles. The third kappa shape index (κ3) is 2.97. The zero-order chi connectivity index (χ0) is 12.3. The standard InChI is InChI=1S/C10H8Br2N4S/c1-13-8-7(12)10(16-5-15-8)17-9-6(11)3-2-4-14-9/h2-5H,1H3,(H,13,15,16). The summed E-state index contributed by atoms with van der Waals surface area (Å²) < 4.78 is 1.78. The predicted molar refractivity (Wildman–Crippen MR) is 75.3 cm³/mol. The van der Waals surface area contributed by atoms with Gasteiger partial charge in [-0.2, -0.15) is 0 Å². The minimum atomic E-state index is 0.759. The Balaban J connectivity index is 2.34. The molecule has 4 nitrogen and oxygen atoms in total. The van der Waals surface area contributed by atoms with E-state index in [0.29, 0.717) is 0 Å². The Kier molecular flexibility index (Phi) is 4.36. The van der Waals surface area contributed by atoms with E-state index in [2.05, 4.69) is 52.1 Å². The molecule has 2 aromatic heterocycles. The molecule has 0 spiro atoms. The fourth-order valence-corrected chi connectivity index (χ4v) is 3.03. The maximum Gasteiger partial charge on any atom is 0.144 e. The van der Waals surface area contributed by atoms with Gasteiger partial charge in [0.05, 0.1) is 8.95 Å². The minimum absolute atomic E-state index is 0.759. The lowest BCUT2D eigenvalue weighted by Gasteiger charge is -2.07. The highest BCUT2D eigenvalue weighted by Gasteiger charge is 2.11. The summed E-state index contributed by atoms with van der Waals surface area (Å²) in [5.41, 5.74) is 0. The van der Waals surface area contributed by atoms with Crippen LogP contribution in [-0.4, -0.2) is 22.0 Å². The third-order valence-electron chi connectivity index (χ3n) is 1.91. The quantitative estimate of drug-likeness (QED) is 0.830. The normalized spacial score (nSPS) is 10.3. The second kappa shape index (κ2) is 5.79. The van der Waals surface area contributed by atoms with Crippen molar-refractivity contribution in [2.45, 2.75) is 10.1 Å². The van der Waals surface area contributed by atoms with Crippen molar-refractivity contribution in [3.8, 4) is 0 Å². The molecule has 2 aromatic rings. The molecule has 2 heterocycles. The van der Waals surface area contributed by atoms with Crippen LogP contribution in [0, 0.1) is 0 Å². The molecule has 7 heteroatoms. The van der Waals surface area contributed by atoms with Gasteiger partial charge in [-0.1, -0.05) is 0 Å². The number of pyridine rings is 1. The Labute approximate surface area is 120 Å². The van der Waals surface area contributed by atoms with Crippen molar-refractivity contribution in [2.75, 3.05) is 12.4 Å². The number of nitrogens with one attached hydrogen (secondary N) is 1. The highest BCUT2D eigenvalue weighted by Crippen LogP contribution is 2.36. The summed E-state index contributed by atoms with van der Waals surface area (Å²) in [6, 6.07) is 3.83. The number of hydrogen-bond acceptors (Lipinski definition) is 5. The van der Waals surface area contributed by atoms with E-state index in [1.807, 2.05) is 19.2 Å². The van der Waals surface area contributed by atoms with Crippen LogP contribution in [0.5, 0.6) is 0 Å². The van der Waals surface area contributed by atoms with Crippen LogP contribution in [0.4, 0.5) is 5.82 Å². The Hall–Kier alpha value is -0.660. The lowest BCUT2D eigenvalue weighted by atomic mass is 10.5. The first-order chi connectivity index (χ1) is 8.22. The van der Waals surface area contributed by atoms with Gasteiger partial charge in [0.2, 0.25) is 0 Å². The van der Waals surface area contributed by atoms with Crippen molar-refractivity contribution < 1.29 is 0 Å². The van der Waals surface area contributed by atoms with Crippen LogP contribution in [-0.2, 0) is 0 Å². The summed E-state index contributed by atoms with van der Waals surface area (Å²) in [6.45, 7) is 0. The molecular weight excluding hydrogens is 368 g/mol. The molecule has 0 amide bonds. The molecule has 1 N–H and O–H groups in total. The van der Waals surface area contributed by atoms with Crippen LogP contribution in [0.3, 0.4) is 0 Å². The van der Waals surface area contributed by atoms with E-state index >= 15 is 0 Å². The van der Waals surface area contributed by atoms with Crippen LogP contribution in [0.2, 0.25) is 0 Å². The fourth-order valence-electron chi connectivity index (χ4n) is 1.14. The Morgan fingerprint density at radius 1 is 1.18 bits per heavy atom. The molecule has 0 aliphatic rings. The molecule has 0 aliphatic carbocycles. The number of anilines is 1. The molecule has 0 aliphatic heterocycles. The fraction of sp³-hybridized carbons (Fsp3) is 0.100. The molecule has 0 bridgehead atoms. The monoisotopic (exact) mass is 374 g/mol. The topological polar surface area (TPSA) is 50.7 Å².